The summed E-state index contributed by atoms with van der Waals surface area (Å²) in [5.41, 5.74) is 2.31. The predicted molar refractivity (Wildman–Crippen MR) is 72.2 cm³/mol. The second-order valence-electron chi connectivity index (χ2n) is 4.91. The van der Waals surface area contributed by atoms with Crippen LogP contribution in [0.15, 0.2) is 24.3 Å². The third-order valence-electron chi connectivity index (χ3n) is 3.25. The van der Waals surface area contributed by atoms with Gasteiger partial charge in [0.25, 0.3) is 0 Å². The second-order valence-corrected chi connectivity index (χ2v) is 4.91. The maximum absolute atomic E-state index is 11.8. The fourth-order valence-corrected chi connectivity index (χ4v) is 2.31. The van der Waals surface area contributed by atoms with Gasteiger partial charge in [-0.1, -0.05) is 18.2 Å². The van der Waals surface area contributed by atoms with Crippen LogP contribution in [0.5, 0.6) is 0 Å². The van der Waals surface area contributed by atoms with Gasteiger partial charge in [-0.05, 0) is 18.1 Å². The van der Waals surface area contributed by atoms with E-state index in [1.807, 2.05) is 24.3 Å². The van der Waals surface area contributed by atoms with Gasteiger partial charge in [-0.2, -0.15) is 13.2 Å². The SMILES string of the molecule is O=C(COCC(F)(F)F)NCCC1CNc2ccccc21. The van der Waals surface area contributed by atoms with Crippen molar-refractivity contribution in [3.63, 3.8) is 0 Å². The molecule has 0 saturated carbocycles. The summed E-state index contributed by atoms with van der Waals surface area (Å²) in [7, 11) is 0. The summed E-state index contributed by atoms with van der Waals surface area (Å²) in [4.78, 5) is 11.3. The Bertz CT molecular complexity index is 491. The molecule has 0 saturated heterocycles. The van der Waals surface area contributed by atoms with Crippen LogP contribution in [0.25, 0.3) is 0 Å². The van der Waals surface area contributed by atoms with Crippen molar-refractivity contribution in [2.75, 3.05) is 31.6 Å². The number of alkyl halides is 3. The fraction of sp³-hybridized carbons (Fsp3) is 0.500. The van der Waals surface area contributed by atoms with Gasteiger partial charge in [-0.15, -0.1) is 0 Å². The largest absolute Gasteiger partial charge is 0.411 e. The number of anilines is 1. The van der Waals surface area contributed by atoms with Gasteiger partial charge in [0.2, 0.25) is 5.91 Å². The van der Waals surface area contributed by atoms with Gasteiger partial charge in [0.1, 0.15) is 13.2 Å². The molecule has 1 aromatic carbocycles. The molecule has 1 amide bonds. The molecule has 0 radical (unpaired) electrons. The summed E-state index contributed by atoms with van der Waals surface area (Å²) in [6, 6.07) is 7.95. The number of ether oxygens (including phenoxy) is 1. The first-order chi connectivity index (χ1) is 9.96. The topological polar surface area (TPSA) is 50.4 Å². The van der Waals surface area contributed by atoms with Crippen LogP contribution in [0.3, 0.4) is 0 Å². The Morgan fingerprint density at radius 2 is 2.14 bits per heavy atom. The van der Waals surface area contributed by atoms with Crippen molar-refractivity contribution in [2.24, 2.45) is 0 Å². The third-order valence-corrected chi connectivity index (χ3v) is 3.25. The number of carbonyl (C=O) groups excluding carboxylic acids is 1. The zero-order valence-corrected chi connectivity index (χ0v) is 11.4. The minimum Gasteiger partial charge on any atom is -0.384 e. The lowest BCUT2D eigenvalue weighted by molar-refractivity contribution is -0.175. The highest BCUT2D eigenvalue weighted by Gasteiger charge is 2.27. The zero-order valence-electron chi connectivity index (χ0n) is 11.4. The molecule has 1 atom stereocenters. The molecular formula is C14H17F3N2O2. The third kappa shape index (κ3) is 4.93. The maximum Gasteiger partial charge on any atom is 0.411 e. The highest BCUT2D eigenvalue weighted by Crippen LogP contribution is 2.32. The smallest absolute Gasteiger partial charge is 0.384 e. The number of hydrogen-bond acceptors (Lipinski definition) is 3. The average Bonchev–Trinajstić information content (AvgIpc) is 2.81. The number of amides is 1. The van der Waals surface area contributed by atoms with Crippen molar-refractivity contribution in [1.29, 1.82) is 0 Å². The first-order valence-electron chi connectivity index (χ1n) is 6.70. The van der Waals surface area contributed by atoms with E-state index < -0.39 is 25.3 Å². The number of para-hydroxylation sites is 1. The molecule has 7 heteroatoms. The monoisotopic (exact) mass is 302 g/mol. The summed E-state index contributed by atoms with van der Waals surface area (Å²) in [6.07, 6.45) is -3.67. The van der Waals surface area contributed by atoms with Crippen LogP contribution in [0.1, 0.15) is 17.9 Å². The van der Waals surface area contributed by atoms with Gasteiger partial charge in [0, 0.05) is 24.7 Å². The van der Waals surface area contributed by atoms with E-state index in [0.29, 0.717) is 12.5 Å². The van der Waals surface area contributed by atoms with Crippen LogP contribution in [-0.2, 0) is 9.53 Å². The molecule has 1 unspecified atom stereocenters. The van der Waals surface area contributed by atoms with Crippen LogP contribution >= 0.6 is 0 Å². The number of halogens is 3. The highest BCUT2D eigenvalue weighted by molar-refractivity contribution is 5.77. The lowest BCUT2D eigenvalue weighted by atomic mass is 9.98. The van der Waals surface area contributed by atoms with Crippen molar-refractivity contribution in [3.05, 3.63) is 29.8 Å². The average molecular weight is 302 g/mol. The molecule has 1 aliphatic heterocycles. The lowest BCUT2D eigenvalue weighted by Crippen LogP contribution is -2.31. The van der Waals surface area contributed by atoms with Crippen molar-refractivity contribution in [3.8, 4) is 0 Å². The van der Waals surface area contributed by atoms with E-state index in [4.69, 9.17) is 0 Å². The van der Waals surface area contributed by atoms with E-state index in [1.165, 1.54) is 5.56 Å². The van der Waals surface area contributed by atoms with Crippen molar-refractivity contribution in [2.45, 2.75) is 18.5 Å². The van der Waals surface area contributed by atoms with Crippen LogP contribution in [0, 0.1) is 0 Å². The Balaban J connectivity index is 1.65. The minimum atomic E-state index is -4.40. The Hall–Kier alpha value is -1.76. The first-order valence-corrected chi connectivity index (χ1v) is 6.70. The van der Waals surface area contributed by atoms with Crippen LogP contribution in [0.2, 0.25) is 0 Å². The summed E-state index contributed by atoms with van der Waals surface area (Å²) in [5, 5.41) is 5.84. The van der Waals surface area contributed by atoms with E-state index in [0.717, 1.165) is 18.7 Å². The summed E-state index contributed by atoms with van der Waals surface area (Å²) in [6.45, 7) is -0.756. The Morgan fingerprint density at radius 3 is 2.90 bits per heavy atom. The van der Waals surface area contributed by atoms with E-state index in [9.17, 15) is 18.0 Å². The Morgan fingerprint density at radius 1 is 1.38 bits per heavy atom. The van der Waals surface area contributed by atoms with Gasteiger partial charge >= 0.3 is 6.18 Å². The maximum atomic E-state index is 11.8. The quantitative estimate of drug-likeness (QED) is 0.847. The number of rotatable bonds is 6. The minimum absolute atomic E-state index is 0.303. The molecule has 2 rings (SSSR count). The Labute approximate surface area is 120 Å². The molecule has 0 spiro atoms. The number of hydrogen-bond donors (Lipinski definition) is 2. The van der Waals surface area contributed by atoms with Gasteiger partial charge in [-0.25, -0.2) is 0 Å². The van der Waals surface area contributed by atoms with Gasteiger partial charge in [-0.3, -0.25) is 4.79 Å². The van der Waals surface area contributed by atoms with Crippen molar-refractivity contribution >= 4 is 11.6 Å². The molecule has 1 heterocycles. The molecular weight excluding hydrogens is 285 g/mol. The molecule has 4 nitrogen and oxygen atoms in total. The molecule has 0 aromatic heterocycles. The summed E-state index contributed by atoms with van der Waals surface area (Å²) >= 11 is 0. The van der Waals surface area contributed by atoms with E-state index in [-0.39, 0.29) is 0 Å². The molecule has 116 valence electrons. The van der Waals surface area contributed by atoms with Crippen LogP contribution < -0.4 is 10.6 Å². The summed E-state index contributed by atoms with van der Waals surface area (Å²) < 4.78 is 39.8. The molecule has 1 aliphatic rings. The number of carbonyl (C=O) groups is 1. The molecule has 1 aromatic rings. The van der Waals surface area contributed by atoms with Gasteiger partial charge in [0.05, 0.1) is 0 Å². The van der Waals surface area contributed by atoms with Crippen LogP contribution in [-0.4, -0.2) is 38.4 Å². The Kier molecular flexibility index (Phi) is 5.06. The highest BCUT2D eigenvalue weighted by atomic mass is 19.4. The van der Waals surface area contributed by atoms with E-state index in [1.54, 1.807) is 0 Å². The molecule has 21 heavy (non-hydrogen) atoms. The number of benzene rings is 1. The fourth-order valence-electron chi connectivity index (χ4n) is 2.31. The second kappa shape index (κ2) is 6.80. The van der Waals surface area contributed by atoms with Crippen molar-refractivity contribution < 1.29 is 22.7 Å². The predicted octanol–water partition coefficient (Wildman–Crippen LogP) is 2.28. The van der Waals surface area contributed by atoms with Crippen molar-refractivity contribution in [1.82, 2.24) is 5.32 Å². The molecule has 0 fully saturated rings. The normalized spacial score (nSPS) is 17.2. The summed E-state index contributed by atoms with van der Waals surface area (Å²) in [5.74, 6) is -0.226. The lowest BCUT2D eigenvalue weighted by Gasteiger charge is -2.11. The number of nitrogens with one attached hydrogen (secondary N) is 2. The van der Waals surface area contributed by atoms with Crippen LogP contribution in [0.4, 0.5) is 18.9 Å². The molecule has 2 N–H and O–H groups in total. The first kappa shape index (κ1) is 15.6. The van der Waals surface area contributed by atoms with E-state index >= 15 is 0 Å². The number of fused-ring (bicyclic) bond motifs is 1. The van der Waals surface area contributed by atoms with Gasteiger partial charge in [0.15, 0.2) is 0 Å². The molecule has 0 aliphatic carbocycles. The molecule has 0 bridgehead atoms. The zero-order chi connectivity index (χ0) is 15.3. The van der Waals surface area contributed by atoms with Gasteiger partial charge < -0.3 is 15.4 Å². The standard InChI is InChI=1S/C14H17F3N2O2/c15-14(16,17)9-21-8-13(20)18-6-5-10-7-19-12-4-2-1-3-11(10)12/h1-4,10,19H,5-9H2,(H,18,20). The van der Waals surface area contributed by atoms with E-state index in [2.05, 4.69) is 15.4 Å².